The van der Waals surface area contributed by atoms with Gasteiger partial charge in [0.15, 0.2) is 0 Å². The minimum atomic E-state index is -1.00. The number of benzene rings is 3. The number of carbonyl (C=O) groups is 2. The first-order valence-electron chi connectivity index (χ1n) is 10.5. The molecule has 1 aromatic heterocycles. The van der Waals surface area contributed by atoms with E-state index in [1.807, 2.05) is 26.0 Å². The molecule has 1 heterocycles. The fraction of sp³-hybridized carbons (Fsp3) is 0.160. The third-order valence-electron chi connectivity index (χ3n) is 4.89. The lowest BCUT2D eigenvalue weighted by Crippen LogP contribution is -2.12. The highest BCUT2D eigenvalue weighted by atomic mass is 16.5. The highest BCUT2D eigenvalue weighted by Crippen LogP contribution is 2.26. The van der Waals surface area contributed by atoms with E-state index in [9.17, 15) is 14.7 Å². The van der Waals surface area contributed by atoms with Crippen LogP contribution in [0.1, 0.15) is 34.6 Å². The molecule has 0 atom stereocenters. The zero-order valence-electron chi connectivity index (χ0n) is 18.2. The van der Waals surface area contributed by atoms with Crippen LogP contribution in [0.25, 0.3) is 22.4 Å². The van der Waals surface area contributed by atoms with Gasteiger partial charge in [-0.2, -0.15) is 0 Å². The van der Waals surface area contributed by atoms with E-state index in [1.54, 1.807) is 42.5 Å². The third kappa shape index (κ3) is 4.95. The van der Waals surface area contributed by atoms with E-state index in [-0.39, 0.29) is 11.5 Å². The van der Waals surface area contributed by atoms with Crippen molar-refractivity contribution in [1.82, 2.24) is 9.97 Å². The summed E-state index contributed by atoms with van der Waals surface area (Å²) < 4.78 is 11.1. The molecule has 4 rings (SSSR count). The number of hydrogen-bond donors (Lipinski definition) is 3. The largest absolute Gasteiger partial charge is 0.494 e. The van der Waals surface area contributed by atoms with Crippen molar-refractivity contribution in [2.75, 3.05) is 18.5 Å². The molecule has 1 amide bonds. The average molecular weight is 445 g/mol. The Hall–Kier alpha value is -4.33. The molecule has 0 bridgehead atoms. The quantitative estimate of drug-likeness (QED) is 0.353. The lowest BCUT2D eigenvalue weighted by molar-refractivity contribution is 0.0696. The molecule has 8 heteroatoms. The first-order valence-corrected chi connectivity index (χ1v) is 10.5. The molecule has 0 radical (unpaired) electrons. The molecule has 3 aromatic carbocycles. The number of aromatic nitrogens is 2. The Labute approximate surface area is 190 Å². The minimum absolute atomic E-state index is 0.180. The van der Waals surface area contributed by atoms with Gasteiger partial charge in [0.25, 0.3) is 5.91 Å². The van der Waals surface area contributed by atoms with Crippen molar-refractivity contribution in [2.45, 2.75) is 13.8 Å². The summed E-state index contributed by atoms with van der Waals surface area (Å²) in [6.45, 7) is 4.70. The summed E-state index contributed by atoms with van der Waals surface area (Å²) in [4.78, 5) is 31.8. The summed E-state index contributed by atoms with van der Waals surface area (Å²) in [5.74, 6) is 0.389. The predicted molar refractivity (Wildman–Crippen MR) is 125 cm³/mol. The number of rotatable bonds is 8. The molecule has 0 aliphatic rings. The van der Waals surface area contributed by atoms with E-state index in [2.05, 4.69) is 15.3 Å². The molecule has 0 unspecified atom stereocenters. The smallest absolute Gasteiger partial charge is 0.335 e. The Kier molecular flexibility index (Phi) is 6.26. The van der Waals surface area contributed by atoms with Gasteiger partial charge in [0.1, 0.15) is 17.3 Å². The summed E-state index contributed by atoms with van der Waals surface area (Å²) in [5.41, 5.74) is 3.21. The van der Waals surface area contributed by atoms with Crippen LogP contribution in [0.15, 0.2) is 60.7 Å². The van der Waals surface area contributed by atoms with E-state index in [4.69, 9.17) is 9.47 Å². The van der Waals surface area contributed by atoms with Gasteiger partial charge in [-0.05, 0) is 56.3 Å². The number of H-pyrrole nitrogens is 1. The summed E-state index contributed by atoms with van der Waals surface area (Å²) in [7, 11) is 0. The van der Waals surface area contributed by atoms with Gasteiger partial charge in [0.2, 0.25) is 0 Å². The standard InChI is InChI=1S/C25H23N3O5/c1-3-32-19-11-17(12-20(14-19)33-4-2)24(29)26-18-7-5-6-15(10-18)23-27-21-9-8-16(25(30)31)13-22(21)28-23/h5-14H,3-4H2,1-2H3,(H,26,29)(H,27,28)(H,30,31). The van der Waals surface area contributed by atoms with Crippen molar-refractivity contribution in [3.05, 3.63) is 71.8 Å². The fourth-order valence-corrected chi connectivity index (χ4v) is 3.43. The fourth-order valence-electron chi connectivity index (χ4n) is 3.43. The Balaban J connectivity index is 1.59. The van der Waals surface area contributed by atoms with Crippen molar-refractivity contribution in [1.29, 1.82) is 0 Å². The van der Waals surface area contributed by atoms with Crippen LogP contribution >= 0.6 is 0 Å². The Morgan fingerprint density at radius 3 is 2.33 bits per heavy atom. The molecule has 8 nitrogen and oxygen atoms in total. The number of aromatic amines is 1. The third-order valence-corrected chi connectivity index (χ3v) is 4.89. The van der Waals surface area contributed by atoms with Crippen LogP contribution in [0.5, 0.6) is 11.5 Å². The highest BCUT2D eigenvalue weighted by Gasteiger charge is 2.13. The molecule has 4 aromatic rings. The summed E-state index contributed by atoms with van der Waals surface area (Å²) in [6, 6.07) is 17.0. The first-order chi connectivity index (χ1) is 16.0. The molecular weight excluding hydrogens is 422 g/mol. The number of ether oxygens (including phenoxy) is 2. The van der Waals surface area contributed by atoms with Gasteiger partial charge >= 0.3 is 5.97 Å². The van der Waals surface area contributed by atoms with Crippen LogP contribution < -0.4 is 14.8 Å². The molecule has 168 valence electrons. The number of fused-ring (bicyclic) bond motifs is 1. The van der Waals surface area contributed by atoms with Crippen LogP contribution in [0, 0.1) is 0 Å². The molecule has 0 aliphatic carbocycles. The molecule has 0 spiro atoms. The number of carboxylic acids is 1. The monoisotopic (exact) mass is 445 g/mol. The lowest BCUT2D eigenvalue weighted by atomic mass is 10.1. The van der Waals surface area contributed by atoms with Crippen molar-refractivity contribution in [3.8, 4) is 22.9 Å². The van der Waals surface area contributed by atoms with E-state index >= 15 is 0 Å². The number of carboxylic acid groups (broad SMARTS) is 1. The van der Waals surface area contributed by atoms with Crippen molar-refractivity contribution in [3.63, 3.8) is 0 Å². The summed E-state index contributed by atoms with van der Waals surface area (Å²) in [5, 5.41) is 12.1. The van der Waals surface area contributed by atoms with Gasteiger partial charge in [-0.3, -0.25) is 4.79 Å². The van der Waals surface area contributed by atoms with Crippen LogP contribution in [-0.2, 0) is 0 Å². The van der Waals surface area contributed by atoms with Gasteiger partial charge in [0.05, 0.1) is 29.8 Å². The number of nitrogens with one attached hydrogen (secondary N) is 2. The highest BCUT2D eigenvalue weighted by molar-refractivity contribution is 6.05. The Bertz CT molecular complexity index is 1300. The van der Waals surface area contributed by atoms with Crippen LogP contribution in [0.3, 0.4) is 0 Å². The molecular formula is C25H23N3O5. The summed E-state index contributed by atoms with van der Waals surface area (Å²) in [6.07, 6.45) is 0. The van der Waals surface area contributed by atoms with Crippen molar-refractivity contribution in [2.24, 2.45) is 0 Å². The second kappa shape index (κ2) is 9.44. The number of nitrogens with zero attached hydrogens (tertiary/aromatic N) is 1. The van der Waals surface area contributed by atoms with E-state index in [0.717, 1.165) is 5.56 Å². The van der Waals surface area contributed by atoms with Crippen LogP contribution in [0.4, 0.5) is 5.69 Å². The van der Waals surface area contributed by atoms with Crippen molar-refractivity contribution < 1.29 is 24.2 Å². The second-order valence-electron chi connectivity index (χ2n) is 7.22. The number of carbonyl (C=O) groups excluding carboxylic acids is 1. The van der Waals surface area contributed by atoms with Crippen LogP contribution in [0.2, 0.25) is 0 Å². The van der Waals surface area contributed by atoms with E-state index in [1.165, 1.54) is 6.07 Å². The topological polar surface area (TPSA) is 114 Å². The normalized spacial score (nSPS) is 10.7. The number of aromatic carboxylic acids is 1. The maximum absolute atomic E-state index is 12.9. The van der Waals surface area contributed by atoms with Gasteiger partial charge in [-0.25, -0.2) is 9.78 Å². The van der Waals surface area contributed by atoms with Crippen LogP contribution in [-0.4, -0.2) is 40.2 Å². The zero-order valence-corrected chi connectivity index (χ0v) is 18.2. The van der Waals surface area contributed by atoms with Gasteiger partial charge in [-0.15, -0.1) is 0 Å². The number of amides is 1. The van der Waals surface area contributed by atoms with Crippen molar-refractivity contribution >= 4 is 28.6 Å². The first kappa shape index (κ1) is 21.9. The number of anilines is 1. The van der Waals surface area contributed by atoms with Gasteiger partial charge < -0.3 is 24.9 Å². The second-order valence-corrected chi connectivity index (χ2v) is 7.22. The minimum Gasteiger partial charge on any atom is -0.494 e. The maximum Gasteiger partial charge on any atom is 0.335 e. The van der Waals surface area contributed by atoms with E-state index < -0.39 is 5.97 Å². The molecule has 0 aliphatic heterocycles. The van der Waals surface area contributed by atoms with Gasteiger partial charge in [0, 0.05) is 22.9 Å². The SMILES string of the molecule is CCOc1cc(OCC)cc(C(=O)Nc2cccc(-c3nc4ccc(C(=O)O)cc4[nH]3)c2)c1. The average Bonchev–Trinajstić information content (AvgIpc) is 3.23. The van der Waals surface area contributed by atoms with E-state index in [0.29, 0.717) is 52.8 Å². The Morgan fingerprint density at radius 2 is 1.67 bits per heavy atom. The Morgan fingerprint density at radius 1 is 0.939 bits per heavy atom. The summed E-state index contributed by atoms with van der Waals surface area (Å²) >= 11 is 0. The predicted octanol–water partition coefficient (Wildman–Crippen LogP) is 4.98. The molecule has 0 fully saturated rings. The maximum atomic E-state index is 12.9. The van der Waals surface area contributed by atoms with Gasteiger partial charge in [-0.1, -0.05) is 12.1 Å². The number of hydrogen-bond acceptors (Lipinski definition) is 5. The number of imidazole rings is 1. The molecule has 33 heavy (non-hydrogen) atoms. The molecule has 3 N–H and O–H groups in total. The molecule has 0 saturated carbocycles. The zero-order chi connectivity index (χ0) is 23.4. The lowest BCUT2D eigenvalue weighted by Gasteiger charge is -2.11. The molecule has 0 saturated heterocycles.